The Morgan fingerprint density at radius 1 is 1.43 bits per heavy atom. The van der Waals surface area contributed by atoms with Gasteiger partial charge in [0.15, 0.2) is 0 Å². The lowest BCUT2D eigenvalue weighted by atomic mass is 10.1. The highest BCUT2D eigenvalue weighted by Gasteiger charge is 2.20. The van der Waals surface area contributed by atoms with Crippen molar-refractivity contribution in [3.63, 3.8) is 0 Å². The van der Waals surface area contributed by atoms with Crippen molar-refractivity contribution >= 4 is 5.91 Å². The summed E-state index contributed by atoms with van der Waals surface area (Å²) in [5.41, 5.74) is 2.39. The molecule has 116 valence electrons. The van der Waals surface area contributed by atoms with Crippen molar-refractivity contribution in [1.82, 2.24) is 10.2 Å². The molecule has 4 heteroatoms. The van der Waals surface area contributed by atoms with E-state index in [-0.39, 0.29) is 17.9 Å². The lowest BCUT2D eigenvalue weighted by Gasteiger charge is -2.18. The van der Waals surface area contributed by atoms with E-state index >= 15 is 0 Å². The normalized spacial score (nSPS) is 20.4. The van der Waals surface area contributed by atoms with Crippen LogP contribution in [0.2, 0.25) is 0 Å². The number of hydrogen-bond donors (Lipinski definition) is 2. The summed E-state index contributed by atoms with van der Waals surface area (Å²) < 4.78 is 0. The van der Waals surface area contributed by atoms with Gasteiger partial charge in [-0.1, -0.05) is 38.1 Å². The van der Waals surface area contributed by atoms with Gasteiger partial charge in [0.1, 0.15) is 0 Å². The summed E-state index contributed by atoms with van der Waals surface area (Å²) >= 11 is 0. The molecule has 2 unspecified atom stereocenters. The highest BCUT2D eigenvalue weighted by molar-refractivity contribution is 5.78. The number of nitrogens with zero attached hydrogens (tertiary/aromatic N) is 1. The Labute approximate surface area is 127 Å². The molecular formula is C17H26N2O2. The van der Waals surface area contributed by atoms with Gasteiger partial charge < -0.3 is 10.4 Å². The van der Waals surface area contributed by atoms with Gasteiger partial charge >= 0.3 is 0 Å². The molecule has 1 aliphatic heterocycles. The van der Waals surface area contributed by atoms with Gasteiger partial charge in [0.25, 0.3) is 0 Å². The van der Waals surface area contributed by atoms with Crippen LogP contribution >= 0.6 is 0 Å². The summed E-state index contributed by atoms with van der Waals surface area (Å²) in [6.45, 7) is 7.08. The molecule has 0 spiro atoms. The maximum Gasteiger partial charge on any atom is 0.223 e. The first-order chi connectivity index (χ1) is 10.1. The van der Waals surface area contributed by atoms with E-state index in [9.17, 15) is 9.90 Å². The average Bonchev–Trinajstić information content (AvgIpc) is 2.90. The number of aliphatic hydroxyl groups is 1. The van der Waals surface area contributed by atoms with E-state index in [1.807, 2.05) is 26.0 Å². The van der Waals surface area contributed by atoms with Crippen molar-refractivity contribution in [3.8, 4) is 0 Å². The van der Waals surface area contributed by atoms with Crippen molar-refractivity contribution in [2.75, 3.05) is 13.1 Å². The fourth-order valence-corrected chi connectivity index (χ4v) is 2.62. The Bertz CT molecular complexity index is 476. The Balaban J connectivity index is 1.95. The number of rotatable bonds is 6. The lowest BCUT2D eigenvalue weighted by Crippen LogP contribution is -2.29. The number of nitrogens with one attached hydrogen (secondary N) is 1. The predicted molar refractivity (Wildman–Crippen MR) is 83.6 cm³/mol. The fourth-order valence-electron chi connectivity index (χ4n) is 2.62. The third kappa shape index (κ3) is 4.55. The average molecular weight is 290 g/mol. The molecule has 1 heterocycles. The summed E-state index contributed by atoms with van der Waals surface area (Å²) in [7, 11) is 0. The monoisotopic (exact) mass is 290 g/mol. The zero-order chi connectivity index (χ0) is 15.2. The molecule has 1 fully saturated rings. The summed E-state index contributed by atoms with van der Waals surface area (Å²) in [6.07, 6.45) is 1.52. The molecule has 1 aliphatic rings. The Morgan fingerprint density at radius 3 is 2.76 bits per heavy atom. The van der Waals surface area contributed by atoms with Crippen LogP contribution in [-0.4, -0.2) is 35.1 Å². The van der Waals surface area contributed by atoms with Gasteiger partial charge in [-0.05, 0) is 24.0 Å². The van der Waals surface area contributed by atoms with Gasteiger partial charge in [0.05, 0.1) is 6.10 Å². The molecule has 2 N–H and O–H groups in total. The molecular weight excluding hydrogens is 264 g/mol. The molecule has 1 aromatic rings. The predicted octanol–water partition coefficient (Wildman–Crippen LogP) is 1.92. The summed E-state index contributed by atoms with van der Waals surface area (Å²) in [5, 5.41) is 12.6. The van der Waals surface area contributed by atoms with Crippen molar-refractivity contribution < 1.29 is 9.90 Å². The number of likely N-dealkylation sites (tertiary alicyclic amines) is 1. The number of carbonyl (C=O) groups excluding carboxylic acids is 1. The lowest BCUT2D eigenvalue weighted by molar-refractivity contribution is -0.124. The van der Waals surface area contributed by atoms with E-state index < -0.39 is 0 Å². The number of β-amino-alcohol motifs (C(OH)–C–C–N with tert-alkyl or cyclic N) is 1. The molecule has 1 aromatic carbocycles. The van der Waals surface area contributed by atoms with Crippen molar-refractivity contribution in [2.45, 2.75) is 45.9 Å². The van der Waals surface area contributed by atoms with E-state index in [4.69, 9.17) is 0 Å². The van der Waals surface area contributed by atoms with E-state index in [0.717, 1.165) is 38.0 Å². The maximum absolute atomic E-state index is 11.9. The molecule has 1 amide bonds. The first kappa shape index (κ1) is 16.0. The fraction of sp³-hybridized carbons (Fsp3) is 0.588. The molecule has 0 saturated carbocycles. The van der Waals surface area contributed by atoms with Crippen LogP contribution in [0.1, 0.15) is 37.8 Å². The molecule has 0 radical (unpaired) electrons. The standard InChI is InChI=1S/C17H26N2O2/c1-3-13(2)17(21)18-10-14-6-4-5-7-15(14)11-19-9-8-16(20)12-19/h4-7,13,16,20H,3,8-12H2,1-2H3,(H,18,21). The second-order valence-electron chi connectivity index (χ2n) is 5.97. The van der Waals surface area contributed by atoms with Gasteiger partial charge in [-0.25, -0.2) is 0 Å². The third-order valence-electron chi connectivity index (χ3n) is 4.27. The van der Waals surface area contributed by atoms with Crippen LogP contribution in [0.15, 0.2) is 24.3 Å². The summed E-state index contributed by atoms with van der Waals surface area (Å²) in [5.74, 6) is 0.176. The van der Waals surface area contributed by atoms with Crippen molar-refractivity contribution in [1.29, 1.82) is 0 Å². The van der Waals surface area contributed by atoms with Gasteiger partial charge in [0, 0.05) is 32.1 Å². The maximum atomic E-state index is 11.9. The minimum Gasteiger partial charge on any atom is -0.392 e. The summed E-state index contributed by atoms with van der Waals surface area (Å²) in [4.78, 5) is 14.2. The van der Waals surface area contributed by atoms with Gasteiger partial charge in [-0.3, -0.25) is 9.69 Å². The SMILES string of the molecule is CCC(C)C(=O)NCc1ccccc1CN1CCC(O)C1. The minimum absolute atomic E-state index is 0.0610. The first-order valence-corrected chi connectivity index (χ1v) is 7.85. The van der Waals surface area contributed by atoms with Crippen LogP contribution < -0.4 is 5.32 Å². The zero-order valence-corrected chi connectivity index (χ0v) is 13.0. The zero-order valence-electron chi connectivity index (χ0n) is 13.0. The van der Waals surface area contributed by atoms with E-state index in [0.29, 0.717) is 6.54 Å². The van der Waals surface area contributed by atoms with Crippen LogP contribution in [0.4, 0.5) is 0 Å². The molecule has 1 saturated heterocycles. The van der Waals surface area contributed by atoms with E-state index in [1.165, 1.54) is 5.56 Å². The highest BCUT2D eigenvalue weighted by atomic mass is 16.3. The minimum atomic E-state index is -0.192. The Hall–Kier alpha value is -1.39. The second-order valence-corrected chi connectivity index (χ2v) is 5.97. The molecule has 4 nitrogen and oxygen atoms in total. The number of aliphatic hydroxyl groups excluding tert-OH is 1. The number of amides is 1. The number of benzene rings is 1. The van der Waals surface area contributed by atoms with Crippen molar-refractivity contribution in [3.05, 3.63) is 35.4 Å². The molecule has 21 heavy (non-hydrogen) atoms. The van der Waals surface area contributed by atoms with Crippen molar-refractivity contribution in [2.24, 2.45) is 5.92 Å². The third-order valence-corrected chi connectivity index (χ3v) is 4.27. The van der Waals surface area contributed by atoms with E-state index in [2.05, 4.69) is 22.3 Å². The molecule has 0 aliphatic carbocycles. The molecule has 2 atom stereocenters. The quantitative estimate of drug-likeness (QED) is 0.841. The van der Waals surface area contributed by atoms with Crippen LogP contribution in [-0.2, 0) is 17.9 Å². The number of hydrogen-bond acceptors (Lipinski definition) is 3. The van der Waals surface area contributed by atoms with Gasteiger partial charge in [0.2, 0.25) is 5.91 Å². The topological polar surface area (TPSA) is 52.6 Å². The van der Waals surface area contributed by atoms with Crippen LogP contribution in [0.25, 0.3) is 0 Å². The number of carbonyl (C=O) groups is 1. The highest BCUT2D eigenvalue weighted by Crippen LogP contribution is 2.16. The Morgan fingerprint density at radius 2 is 2.14 bits per heavy atom. The smallest absolute Gasteiger partial charge is 0.223 e. The van der Waals surface area contributed by atoms with Gasteiger partial charge in [-0.2, -0.15) is 0 Å². The summed E-state index contributed by atoms with van der Waals surface area (Å²) in [6, 6.07) is 8.21. The second kappa shape index (κ2) is 7.57. The van der Waals surface area contributed by atoms with Crippen LogP contribution in [0.5, 0.6) is 0 Å². The van der Waals surface area contributed by atoms with E-state index in [1.54, 1.807) is 0 Å². The molecule has 0 aromatic heterocycles. The Kier molecular flexibility index (Phi) is 5.76. The molecule has 0 bridgehead atoms. The van der Waals surface area contributed by atoms with Gasteiger partial charge in [-0.15, -0.1) is 0 Å². The van der Waals surface area contributed by atoms with Crippen LogP contribution in [0.3, 0.4) is 0 Å². The largest absolute Gasteiger partial charge is 0.392 e. The molecule has 2 rings (SSSR count). The van der Waals surface area contributed by atoms with Crippen LogP contribution in [0, 0.1) is 5.92 Å². The first-order valence-electron chi connectivity index (χ1n) is 7.85.